The third kappa shape index (κ3) is 2.90. The Bertz CT molecular complexity index is 555. The van der Waals surface area contributed by atoms with Crippen LogP contribution in [0, 0.1) is 5.92 Å². The van der Waals surface area contributed by atoms with Crippen LogP contribution in [-0.2, 0) is 13.0 Å². The molecule has 1 fully saturated rings. The fourth-order valence-electron chi connectivity index (χ4n) is 2.90. The first-order valence-electron chi connectivity index (χ1n) is 7.54. The summed E-state index contributed by atoms with van der Waals surface area (Å²) in [5, 5.41) is 7.81. The predicted octanol–water partition coefficient (Wildman–Crippen LogP) is 2.51. The van der Waals surface area contributed by atoms with Crippen molar-refractivity contribution in [1.82, 2.24) is 20.1 Å². The SMILES string of the molecule is CCCn1nccc1-c1cc(C[C@@H]2CCNC2)ccn1. The Morgan fingerprint density at radius 3 is 3.10 bits per heavy atom. The first kappa shape index (κ1) is 13.3. The molecule has 1 aliphatic heterocycles. The van der Waals surface area contributed by atoms with Gasteiger partial charge in [0.25, 0.3) is 0 Å². The van der Waals surface area contributed by atoms with Crippen molar-refractivity contribution in [2.45, 2.75) is 32.7 Å². The average Bonchev–Trinajstić information content (AvgIpc) is 3.11. The zero-order chi connectivity index (χ0) is 13.8. The highest BCUT2D eigenvalue weighted by molar-refractivity contribution is 5.55. The molecule has 20 heavy (non-hydrogen) atoms. The summed E-state index contributed by atoms with van der Waals surface area (Å²) in [6.45, 7) is 5.42. The summed E-state index contributed by atoms with van der Waals surface area (Å²) in [6, 6.07) is 6.42. The van der Waals surface area contributed by atoms with E-state index in [1.165, 1.54) is 12.0 Å². The predicted molar refractivity (Wildman–Crippen MR) is 80.4 cm³/mol. The van der Waals surface area contributed by atoms with E-state index in [1.807, 2.05) is 17.1 Å². The molecule has 0 saturated carbocycles. The molecule has 0 aromatic carbocycles. The van der Waals surface area contributed by atoms with E-state index in [2.05, 4.69) is 40.5 Å². The lowest BCUT2D eigenvalue weighted by molar-refractivity contribution is 0.579. The summed E-state index contributed by atoms with van der Waals surface area (Å²) < 4.78 is 2.04. The minimum absolute atomic E-state index is 0.769. The first-order valence-corrected chi connectivity index (χ1v) is 7.54. The molecule has 3 rings (SSSR count). The monoisotopic (exact) mass is 270 g/mol. The van der Waals surface area contributed by atoms with Gasteiger partial charge in [-0.1, -0.05) is 6.92 Å². The molecule has 1 aliphatic rings. The van der Waals surface area contributed by atoms with Crippen molar-refractivity contribution in [2.24, 2.45) is 5.92 Å². The minimum atomic E-state index is 0.769. The van der Waals surface area contributed by atoms with Gasteiger partial charge in [0.1, 0.15) is 0 Å². The van der Waals surface area contributed by atoms with E-state index in [4.69, 9.17) is 0 Å². The maximum atomic E-state index is 4.52. The summed E-state index contributed by atoms with van der Waals surface area (Å²) >= 11 is 0. The Balaban J connectivity index is 1.81. The zero-order valence-electron chi connectivity index (χ0n) is 12.0. The highest BCUT2D eigenvalue weighted by Crippen LogP contribution is 2.21. The molecule has 1 N–H and O–H groups in total. The Morgan fingerprint density at radius 2 is 2.30 bits per heavy atom. The van der Waals surface area contributed by atoms with E-state index in [9.17, 15) is 0 Å². The number of nitrogens with one attached hydrogen (secondary N) is 1. The number of hydrogen-bond donors (Lipinski definition) is 1. The Morgan fingerprint density at radius 1 is 1.35 bits per heavy atom. The lowest BCUT2D eigenvalue weighted by atomic mass is 9.98. The van der Waals surface area contributed by atoms with Gasteiger partial charge in [-0.2, -0.15) is 5.10 Å². The molecule has 2 aromatic rings. The van der Waals surface area contributed by atoms with E-state index in [1.54, 1.807) is 0 Å². The molecule has 3 heterocycles. The van der Waals surface area contributed by atoms with Crippen LogP contribution < -0.4 is 5.32 Å². The minimum Gasteiger partial charge on any atom is -0.316 e. The number of hydrogen-bond acceptors (Lipinski definition) is 3. The van der Waals surface area contributed by atoms with Crippen LogP contribution in [-0.4, -0.2) is 27.9 Å². The van der Waals surface area contributed by atoms with Crippen molar-refractivity contribution in [3.8, 4) is 11.4 Å². The highest BCUT2D eigenvalue weighted by atomic mass is 15.3. The topological polar surface area (TPSA) is 42.7 Å². The van der Waals surface area contributed by atoms with Crippen molar-refractivity contribution in [3.05, 3.63) is 36.2 Å². The second-order valence-electron chi connectivity index (χ2n) is 5.55. The highest BCUT2D eigenvalue weighted by Gasteiger charge is 2.15. The van der Waals surface area contributed by atoms with Crippen molar-refractivity contribution in [2.75, 3.05) is 13.1 Å². The number of rotatable bonds is 5. The number of aryl methyl sites for hydroxylation is 1. The van der Waals surface area contributed by atoms with Gasteiger partial charge in [0.2, 0.25) is 0 Å². The summed E-state index contributed by atoms with van der Waals surface area (Å²) in [6.07, 6.45) is 7.30. The van der Waals surface area contributed by atoms with Gasteiger partial charge in [0, 0.05) is 18.9 Å². The number of aromatic nitrogens is 3. The molecule has 0 aliphatic carbocycles. The van der Waals surface area contributed by atoms with Gasteiger partial charge in [-0.05, 0) is 62.0 Å². The molecule has 0 unspecified atom stereocenters. The largest absolute Gasteiger partial charge is 0.316 e. The van der Waals surface area contributed by atoms with Crippen molar-refractivity contribution in [1.29, 1.82) is 0 Å². The van der Waals surface area contributed by atoms with Crippen LogP contribution in [0.4, 0.5) is 0 Å². The van der Waals surface area contributed by atoms with E-state index >= 15 is 0 Å². The lowest BCUT2D eigenvalue weighted by Gasteiger charge is -2.10. The van der Waals surface area contributed by atoms with Crippen LogP contribution in [0.2, 0.25) is 0 Å². The Hall–Kier alpha value is -1.68. The fourth-order valence-corrected chi connectivity index (χ4v) is 2.90. The van der Waals surface area contributed by atoms with Gasteiger partial charge in [0.15, 0.2) is 0 Å². The van der Waals surface area contributed by atoms with E-state index < -0.39 is 0 Å². The number of nitrogens with zero attached hydrogens (tertiary/aromatic N) is 3. The zero-order valence-corrected chi connectivity index (χ0v) is 12.0. The van der Waals surface area contributed by atoms with E-state index in [-0.39, 0.29) is 0 Å². The molecule has 106 valence electrons. The van der Waals surface area contributed by atoms with Gasteiger partial charge >= 0.3 is 0 Å². The van der Waals surface area contributed by atoms with Crippen LogP contribution >= 0.6 is 0 Å². The Kier molecular flexibility index (Phi) is 4.11. The summed E-state index contributed by atoms with van der Waals surface area (Å²) in [4.78, 5) is 4.52. The molecular formula is C16H22N4. The molecule has 4 heteroatoms. The van der Waals surface area contributed by atoms with Gasteiger partial charge in [-0.25, -0.2) is 0 Å². The van der Waals surface area contributed by atoms with Crippen LogP contribution in [0.3, 0.4) is 0 Å². The van der Waals surface area contributed by atoms with Crippen LogP contribution in [0.15, 0.2) is 30.6 Å². The van der Waals surface area contributed by atoms with E-state index in [0.29, 0.717) is 0 Å². The van der Waals surface area contributed by atoms with Crippen LogP contribution in [0.5, 0.6) is 0 Å². The molecule has 2 aromatic heterocycles. The molecule has 0 amide bonds. The van der Waals surface area contributed by atoms with Crippen molar-refractivity contribution in [3.63, 3.8) is 0 Å². The van der Waals surface area contributed by atoms with Crippen molar-refractivity contribution >= 4 is 0 Å². The van der Waals surface area contributed by atoms with Gasteiger partial charge in [-0.15, -0.1) is 0 Å². The normalized spacial score (nSPS) is 18.6. The molecule has 0 radical (unpaired) electrons. The van der Waals surface area contributed by atoms with Crippen LogP contribution in [0.25, 0.3) is 11.4 Å². The quantitative estimate of drug-likeness (QED) is 0.907. The lowest BCUT2D eigenvalue weighted by Crippen LogP contribution is -2.11. The summed E-state index contributed by atoms with van der Waals surface area (Å²) in [5.74, 6) is 0.769. The third-order valence-electron chi connectivity index (χ3n) is 3.93. The smallest absolute Gasteiger partial charge is 0.0885 e. The first-order chi connectivity index (χ1) is 9.86. The molecule has 0 bridgehead atoms. The standard InChI is InChI=1S/C16H22N4/c1-2-9-20-16(5-8-19-20)15-11-13(4-7-18-15)10-14-3-6-17-12-14/h4-5,7-8,11,14,17H,2-3,6,9-10,12H2,1H3/t14-/m0/s1. The maximum absolute atomic E-state index is 4.52. The van der Waals surface area contributed by atoms with E-state index in [0.717, 1.165) is 49.8 Å². The van der Waals surface area contributed by atoms with Gasteiger partial charge < -0.3 is 5.32 Å². The maximum Gasteiger partial charge on any atom is 0.0885 e. The molecule has 1 saturated heterocycles. The second kappa shape index (κ2) is 6.18. The number of pyridine rings is 1. The Labute approximate surface area is 120 Å². The second-order valence-corrected chi connectivity index (χ2v) is 5.55. The summed E-state index contributed by atoms with van der Waals surface area (Å²) in [7, 11) is 0. The third-order valence-corrected chi connectivity index (χ3v) is 3.93. The summed E-state index contributed by atoms with van der Waals surface area (Å²) in [5.41, 5.74) is 3.55. The fraction of sp³-hybridized carbons (Fsp3) is 0.500. The molecule has 4 nitrogen and oxygen atoms in total. The van der Waals surface area contributed by atoms with Crippen molar-refractivity contribution < 1.29 is 0 Å². The average molecular weight is 270 g/mol. The molecular weight excluding hydrogens is 248 g/mol. The van der Waals surface area contributed by atoms with Gasteiger partial charge in [-0.3, -0.25) is 9.67 Å². The molecule has 1 atom stereocenters. The molecule has 0 spiro atoms. The van der Waals surface area contributed by atoms with Crippen LogP contribution in [0.1, 0.15) is 25.3 Å². The van der Waals surface area contributed by atoms with Gasteiger partial charge in [0.05, 0.1) is 11.4 Å².